The molecule has 0 saturated carbocycles. The maximum Gasteiger partial charge on any atom is 0.257 e. The number of nitrogens with zero attached hydrogens (tertiary/aromatic N) is 3. The van der Waals surface area contributed by atoms with Crippen molar-refractivity contribution in [1.29, 1.82) is 0 Å². The van der Waals surface area contributed by atoms with E-state index in [0.717, 1.165) is 43.5 Å². The van der Waals surface area contributed by atoms with E-state index < -0.39 is 0 Å². The van der Waals surface area contributed by atoms with E-state index in [4.69, 9.17) is 5.11 Å². The molecule has 1 aliphatic heterocycles. The Kier molecular flexibility index (Phi) is 4.76. The van der Waals surface area contributed by atoms with Gasteiger partial charge in [-0.3, -0.25) is 4.79 Å². The molecule has 2 heterocycles. The van der Waals surface area contributed by atoms with Crippen molar-refractivity contribution in [3.63, 3.8) is 0 Å². The smallest absolute Gasteiger partial charge is 0.257 e. The van der Waals surface area contributed by atoms with Crippen LogP contribution < -0.4 is 0 Å². The van der Waals surface area contributed by atoms with Crippen molar-refractivity contribution in [3.8, 4) is 5.69 Å². The molecule has 1 aromatic carbocycles. The highest BCUT2D eigenvalue weighted by Gasteiger charge is 2.29. The van der Waals surface area contributed by atoms with Crippen molar-refractivity contribution < 1.29 is 9.90 Å². The van der Waals surface area contributed by atoms with Crippen LogP contribution in [-0.4, -0.2) is 44.9 Å². The van der Waals surface area contributed by atoms with Crippen LogP contribution in [0.1, 0.15) is 41.6 Å². The predicted octanol–water partition coefficient (Wildman–Crippen LogP) is 2.56. The number of aryl methyl sites for hydroxylation is 1. The lowest BCUT2D eigenvalue weighted by molar-refractivity contribution is 0.0724. The monoisotopic (exact) mass is 313 g/mol. The van der Waals surface area contributed by atoms with Crippen LogP contribution in [0.15, 0.2) is 36.7 Å². The van der Waals surface area contributed by atoms with Gasteiger partial charge in [0.1, 0.15) is 0 Å². The van der Waals surface area contributed by atoms with E-state index in [-0.39, 0.29) is 18.6 Å². The number of benzene rings is 1. The number of amides is 1. The minimum absolute atomic E-state index is 0.0465. The van der Waals surface area contributed by atoms with Crippen molar-refractivity contribution in [1.82, 2.24) is 14.7 Å². The van der Waals surface area contributed by atoms with Gasteiger partial charge in [0.25, 0.3) is 5.91 Å². The highest BCUT2D eigenvalue weighted by Crippen LogP contribution is 2.24. The molecule has 1 aliphatic rings. The van der Waals surface area contributed by atoms with Gasteiger partial charge in [0.15, 0.2) is 0 Å². The van der Waals surface area contributed by atoms with Gasteiger partial charge in [-0.2, -0.15) is 5.10 Å². The van der Waals surface area contributed by atoms with E-state index in [2.05, 4.69) is 5.10 Å². The summed E-state index contributed by atoms with van der Waals surface area (Å²) in [6.07, 6.45) is 7.14. The van der Waals surface area contributed by atoms with Crippen molar-refractivity contribution in [2.75, 3.05) is 13.2 Å². The van der Waals surface area contributed by atoms with Gasteiger partial charge >= 0.3 is 0 Å². The molecular formula is C18H23N3O2. The van der Waals surface area contributed by atoms with Crippen molar-refractivity contribution >= 4 is 5.91 Å². The van der Waals surface area contributed by atoms with Gasteiger partial charge in [-0.1, -0.05) is 18.2 Å². The van der Waals surface area contributed by atoms with Crippen LogP contribution in [0.3, 0.4) is 0 Å². The molecule has 0 bridgehead atoms. The fraction of sp³-hybridized carbons (Fsp3) is 0.444. The van der Waals surface area contributed by atoms with Gasteiger partial charge in [-0.15, -0.1) is 0 Å². The molecule has 1 saturated heterocycles. The summed E-state index contributed by atoms with van der Waals surface area (Å²) in [5.74, 6) is 0.0465. The van der Waals surface area contributed by atoms with Gasteiger partial charge in [-0.05, 0) is 44.2 Å². The third-order valence-electron chi connectivity index (χ3n) is 4.53. The number of para-hydroxylation sites is 1. The average molecular weight is 313 g/mol. The zero-order chi connectivity index (χ0) is 16.2. The van der Waals surface area contributed by atoms with Crippen molar-refractivity contribution in [2.45, 2.75) is 38.6 Å². The number of rotatable bonds is 5. The molecule has 3 rings (SSSR count). The van der Waals surface area contributed by atoms with Crippen LogP contribution in [0, 0.1) is 6.92 Å². The predicted molar refractivity (Wildman–Crippen MR) is 88.7 cm³/mol. The molecule has 5 nitrogen and oxygen atoms in total. The second-order valence-electron chi connectivity index (χ2n) is 6.12. The summed E-state index contributed by atoms with van der Waals surface area (Å²) >= 11 is 0. The Morgan fingerprint density at radius 1 is 1.39 bits per heavy atom. The van der Waals surface area contributed by atoms with Gasteiger partial charge < -0.3 is 10.0 Å². The summed E-state index contributed by atoms with van der Waals surface area (Å²) in [6.45, 7) is 3.01. The highest BCUT2D eigenvalue weighted by molar-refractivity contribution is 5.94. The normalized spacial score (nSPS) is 17.7. The lowest BCUT2D eigenvalue weighted by Crippen LogP contribution is -2.35. The summed E-state index contributed by atoms with van der Waals surface area (Å²) in [5.41, 5.74) is 2.74. The molecule has 0 aliphatic carbocycles. The third kappa shape index (κ3) is 3.29. The van der Waals surface area contributed by atoms with E-state index >= 15 is 0 Å². The molecular weight excluding hydrogens is 290 g/mol. The second kappa shape index (κ2) is 6.96. The van der Waals surface area contributed by atoms with Crippen LogP contribution in [0.4, 0.5) is 0 Å². The van der Waals surface area contributed by atoms with Crippen LogP contribution in [0.25, 0.3) is 5.69 Å². The molecule has 0 spiro atoms. The molecule has 23 heavy (non-hydrogen) atoms. The summed E-state index contributed by atoms with van der Waals surface area (Å²) in [7, 11) is 0. The zero-order valence-electron chi connectivity index (χ0n) is 13.5. The summed E-state index contributed by atoms with van der Waals surface area (Å²) in [4.78, 5) is 14.7. The van der Waals surface area contributed by atoms with Crippen molar-refractivity contribution in [3.05, 3.63) is 47.8 Å². The molecule has 0 radical (unpaired) electrons. The van der Waals surface area contributed by atoms with E-state index in [9.17, 15) is 4.79 Å². The second-order valence-corrected chi connectivity index (χ2v) is 6.12. The first kappa shape index (κ1) is 15.7. The maximum atomic E-state index is 12.8. The molecule has 122 valence electrons. The highest BCUT2D eigenvalue weighted by atomic mass is 16.3. The summed E-state index contributed by atoms with van der Waals surface area (Å²) in [5, 5.41) is 13.4. The van der Waals surface area contributed by atoms with Crippen molar-refractivity contribution in [2.24, 2.45) is 0 Å². The fourth-order valence-electron chi connectivity index (χ4n) is 3.28. The Bertz CT molecular complexity index is 680. The molecule has 1 unspecified atom stereocenters. The molecule has 2 aromatic rings. The van der Waals surface area contributed by atoms with E-state index in [0.29, 0.717) is 5.56 Å². The quantitative estimate of drug-likeness (QED) is 0.923. The topological polar surface area (TPSA) is 58.4 Å². The standard InChI is InChI=1S/C18H23N3O2/c1-14-6-2-3-9-17(14)21-13-15(12-19-21)18(23)20-10-4-7-16(20)8-5-11-22/h2-3,6,9,12-13,16,22H,4-5,7-8,10-11H2,1H3. The molecule has 1 aromatic heterocycles. The minimum Gasteiger partial charge on any atom is -0.396 e. The molecule has 1 amide bonds. The Morgan fingerprint density at radius 2 is 2.22 bits per heavy atom. The Balaban J connectivity index is 1.77. The van der Waals surface area contributed by atoms with Crippen LogP contribution in [-0.2, 0) is 0 Å². The number of carbonyl (C=O) groups excluding carboxylic acids is 1. The third-order valence-corrected chi connectivity index (χ3v) is 4.53. The summed E-state index contributed by atoms with van der Waals surface area (Å²) in [6, 6.07) is 8.23. The van der Waals surface area contributed by atoms with Gasteiger partial charge in [-0.25, -0.2) is 4.68 Å². The number of hydrogen-bond acceptors (Lipinski definition) is 3. The first-order valence-electron chi connectivity index (χ1n) is 8.23. The lowest BCUT2D eigenvalue weighted by atomic mass is 10.1. The molecule has 1 fully saturated rings. The molecule has 1 N–H and O–H groups in total. The van der Waals surface area contributed by atoms with E-state index in [1.54, 1.807) is 10.9 Å². The van der Waals surface area contributed by atoms with Crippen LogP contribution >= 0.6 is 0 Å². The van der Waals surface area contributed by atoms with E-state index in [1.165, 1.54) is 0 Å². The first-order valence-corrected chi connectivity index (χ1v) is 8.23. The van der Waals surface area contributed by atoms with Crippen LogP contribution in [0.5, 0.6) is 0 Å². The number of carbonyl (C=O) groups is 1. The molecule has 1 atom stereocenters. The van der Waals surface area contributed by atoms with E-state index in [1.807, 2.05) is 42.3 Å². The van der Waals surface area contributed by atoms with Gasteiger partial charge in [0.2, 0.25) is 0 Å². The lowest BCUT2D eigenvalue weighted by Gasteiger charge is -2.24. The van der Waals surface area contributed by atoms with Gasteiger partial charge in [0.05, 0.1) is 17.4 Å². The Hall–Kier alpha value is -2.14. The van der Waals surface area contributed by atoms with Gasteiger partial charge in [0, 0.05) is 25.4 Å². The maximum absolute atomic E-state index is 12.8. The Morgan fingerprint density at radius 3 is 3.00 bits per heavy atom. The number of likely N-dealkylation sites (tertiary alicyclic amines) is 1. The largest absolute Gasteiger partial charge is 0.396 e. The fourth-order valence-corrected chi connectivity index (χ4v) is 3.28. The molecule has 5 heteroatoms. The SMILES string of the molecule is Cc1ccccc1-n1cc(C(=O)N2CCCC2CCCO)cn1. The number of aliphatic hydroxyl groups excluding tert-OH is 1. The Labute approximate surface area is 136 Å². The zero-order valence-corrected chi connectivity index (χ0v) is 13.5. The minimum atomic E-state index is 0.0465. The first-order chi connectivity index (χ1) is 11.2. The average Bonchev–Trinajstić information content (AvgIpc) is 3.22. The number of hydrogen-bond donors (Lipinski definition) is 1. The number of aromatic nitrogens is 2. The summed E-state index contributed by atoms with van der Waals surface area (Å²) < 4.78 is 1.77. The number of aliphatic hydroxyl groups is 1. The van der Waals surface area contributed by atoms with Crippen LogP contribution in [0.2, 0.25) is 0 Å².